The molecule has 0 aliphatic carbocycles. The van der Waals surface area contributed by atoms with Gasteiger partial charge in [-0.25, -0.2) is 22.0 Å². The zero-order valence-electron chi connectivity index (χ0n) is 10.6. The Kier molecular flexibility index (Phi) is 4.47. The van der Waals surface area contributed by atoms with Gasteiger partial charge in [-0.2, -0.15) is 8.42 Å². The smallest absolute Gasteiger partial charge is 0.261 e. The normalized spacial score (nSPS) is 11.7. The molecule has 0 aromatic heterocycles. The summed E-state index contributed by atoms with van der Waals surface area (Å²) in [7, 11) is -4.40. The first-order valence-corrected chi connectivity index (χ1v) is 7.11. The summed E-state index contributed by atoms with van der Waals surface area (Å²) in [5.41, 5.74) is -1.36. The van der Waals surface area contributed by atoms with E-state index in [0.29, 0.717) is 0 Å². The predicted octanol–water partition coefficient (Wildman–Crippen LogP) is 3.29. The third-order valence-corrected chi connectivity index (χ3v) is 3.97. The second-order valence-corrected chi connectivity index (χ2v) is 5.69. The van der Waals surface area contributed by atoms with Gasteiger partial charge in [0.05, 0.1) is 17.1 Å². The lowest BCUT2D eigenvalue weighted by Gasteiger charge is -2.09. The number of hydrogen-bond donors (Lipinski definition) is 0. The molecule has 0 aliphatic heterocycles. The fourth-order valence-electron chi connectivity index (χ4n) is 1.57. The summed E-state index contributed by atoms with van der Waals surface area (Å²) in [6.07, 6.45) is 0. The fraction of sp³-hybridized carbons (Fsp3) is 0.0769. The van der Waals surface area contributed by atoms with Crippen LogP contribution in [0.2, 0.25) is 0 Å². The molecular weight excluding hydrogens is 331 g/mol. The standard InChI is InChI=1S/C13H7F5O3S/c14-9-8(10(15)12(17)13(18)11(9)16)6-21-22(19,20)7-4-2-1-3-5-7/h1-5H,6H2. The Morgan fingerprint density at radius 2 is 1.23 bits per heavy atom. The van der Waals surface area contributed by atoms with Crippen LogP contribution in [0.5, 0.6) is 0 Å². The first kappa shape index (κ1) is 16.4. The third kappa shape index (κ3) is 2.95. The number of hydrogen-bond acceptors (Lipinski definition) is 3. The van der Waals surface area contributed by atoms with Crippen molar-refractivity contribution < 1.29 is 34.6 Å². The van der Waals surface area contributed by atoms with E-state index in [2.05, 4.69) is 4.18 Å². The van der Waals surface area contributed by atoms with Crippen molar-refractivity contribution in [2.24, 2.45) is 0 Å². The second kappa shape index (κ2) is 6.01. The summed E-state index contributed by atoms with van der Waals surface area (Å²) in [6.45, 7) is -1.33. The molecule has 118 valence electrons. The van der Waals surface area contributed by atoms with Gasteiger partial charge in [-0.05, 0) is 12.1 Å². The maximum absolute atomic E-state index is 13.4. The van der Waals surface area contributed by atoms with Crippen LogP contribution in [0, 0.1) is 29.1 Å². The highest BCUT2D eigenvalue weighted by Crippen LogP contribution is 2.24. The zero-order chi connectivity index (χ0) is 16.5. The van der Waals surface area contributed by atoms with Gasteiger partial charge in [-0.1, -0.05) is 18.2 Å². The molecule has 0 bridgehead atoms. The van der Waals surface area contributed by atoms with E-state index in [9.17, 15) is 30.4 Å². The van der Waals surface area contributed by atoms with Crippen molar-refractivity contribution in [1.82, 2.24) is 0 Å². The molecule has 0 unspecified atom stereocenters. The van der Waals surface area contributed by atoms with E-state index in [4.69, 9.17) is 0 Å². The van der Waals surface area contributed by atoms with E-state index in [1.807, 2.05) is 0 Å². The van der Waals surface area contributed by atoms with Crippen molar-refractivity contribution in [1.29, 1.82) is 0 Å². The molecule has 0 N–H and O–H groups in total. The topological polar surface area (TPSA) is 43.4 Å². The van der Waals surface area contributed by atoms with E-state index in [0.717, 1.165) is 12.1 Å². The van der Waals surface area contributed by atoms with Crippen LogP contribution in [-0.2, 0) is 20.9 Å². The van der Waals surface area contributed by atoms with E-state index in [1.54, 1.807) is 0 Å². The average Bonchev–Trinajstić information content (AvgIpc) is 2.52. The van der Waals surface area contributed by atoms with Crippen molar-refractivity contribution >= 4 is 10.1 Å². The quantitative estimate of drug-likeness (QED) is 0.372. The van der Waals surface area contributed by atoms with Crippen molar-refractivity contribution in [2.45, 2.75) is 11.5 Å². The van der Waals surface area contributed by atoms with Crippen molar-refractivity contribution in [3.05, 3.63) is 65.0 Å². The molecule has 9 heteroatoms. The summed E-state index contributed by atoms with van der Waals surface area (Å²) < 4.78 is 93.4. The largest absolute Gasteiger partial charge is 0.297 e. The molecule has 0 heterocycles. The lowest BCUT2D eigenvalue weighted by atomic mass is 10.2. The number of benzene rings is 2. The lowest BCUT2D eigenvalue weighted by molar-refractivity contribution is 0.282. The van der Waals surface area contributed by atoms with Gasteiger partial charge in [0.1, 0.15) is 0 Å². The molecule has 0 spiro atoms. The van der Waals surface area contributed by atoms with Crippen LogP contribution >= 0.6 is 0 Å². The van der Waals surface area contributed by atoms with Crippen LogP contribution in [0.1, 0.15) is 5.56 Å². The van der Waals surface area contributed by atoms with Crippen molar-refractivity contribution in [3.8, 4) is 0 Å². The van der Waals surface area contributed by atoms with E-state index < -0.39 is 51.4 Å². The SMILES string of the molecule is O=S(=O)(OCc1c(F)c(F)c(F)c(F)c1F)c1ccccc1. The Morgan fingerprint density at radius 3 is 1.73 bits per heavy atom. The van der Waals surface area contributed by atoms with Crippen LogP contribution in [0.15, 0.2) is 35.2 Å². The number of halogens is 5. The predicted molar refractivity (Wildman–Crippen MR) is 64.6 cm³/mol. The maximum Gasteiger partial charge on any atom is 0.297 e. The third-order valence-electron chi connectivity index (χ3n) is 2.69. The molecule has 0 aliphatic rings. The molecule has 2 aromatic rings. The van der Waals surface area contributed by atoms with E-state index >= 15 is 0 Å². The molecule has 0 fully saturated rings. The minimum Gasteiger partial charge on any atom is -0.261 e. The molecule has 0 amide bonds. The molecule has 2 rings (SSSR count). The summed E-state index contributed by atoms with van der Waals surface area (Å²) in [5.74, 6) is -11.0. The van der Waals surface area contributed by atoms with Gasteiger partial charge >= 0.3 is 0 Å². The minimum atomic E-state index is -4.40. The second-order valence-electron chi connectivity index (χ2n) is 4.08. The minimum absolute atomic E-state index is 0.320. The Labute approximate surface area is 122 Å². The van der Waals surface area contributed by atoms with Gasteiger partial charge in [0.15, 0.2) is 23.3 Å². The fourth-order valence-corrected chi connectivity index (χ4v) is 2.47. The van der Waals surface area contributed by atoms with Crippen LogP contribution < -0.4 is 0 Å². The molecule has 2 aromatic carbocycles. The average molecular weight is 338 g/mol. The monoisotopic (exact) mass is 338 g/mol. The maximum atomic E-state index is 13.4. The van der Waals surface area contributed by atoms with E-state index in [-0.39, 0.29) is 4.90 Å². The summed E-state index contributed by atoms with van der Waals surface area (Å²) in [6, 6.07) is 6.55. The van der Waals surface area contributed by atoms with Gasteiger partial charge in [-0.3, -0.25) is 4.18 Å². The Balaban J connectivity index is 2.34. The zero-order valence-corrected chi connectivity index (χ0v) is 11.4. The van der Waals surface area contributed by atoms with Crippen LogP contribution in [-0.4, -0.2) is 8.42 Å². The molecular formula is C13H7F5O3S. The number of rotatable bonds is 4. The molecule has 0 saturated heterocycles. The van der Waals surface area contributed by atoms with Gasteiger partial charge in [0, 0.05) is 0 Å². The molecule has 0 atom stereocenters. The molecule has 0 saturated carbocycles. The van der Waals surface area contributed by atoms with Crippen LogP contribution in [0.4, 0.5) is 22.0 Å². The molecule has 22 heavy (non-hydrogen) atoms. The Hall–Kier alpha value is -2.00. The van der Waals surface area contributed by atoms with E-state index in [1.165, 1.54) is 18.2 Å². The van der Waals surface area contributed by atoms with Gasteiger partial charge in [-0.15, -0.1) is 0 Å². The molecule has 0 radical (unpaired) electrons. The Morgan fingerprint density at radius 1 is 0.773 bits per heavy atom. The first-order chi connectivity index (χ1) is 10.3. The van der Waals surface area contributed by atoms with Crippen LogP contribution in [0.3, 0.4) is 0 Å². The first-order valence-electron chi connectivity index (χ1n) is 5.70. The van der Waals surface area contributed by atoms with Gasteiger partial charge in [0.25, 0.3) is 10.1 Å². The van der Waals surface area contributed by atoms with Gasteiger partial charge < -0.3 is 0 Å². The van der Waals surface area contributed by atoms with Crippen LogP contribution in [0.25, 0.3) is 0 Å². The highest BCUT2D eigenvalue weighted by atomic mass is 32.2. The molecule has 3 nitrogen and oxygen atoms in total. The summed E-state index contributed by atoms with van der Waals surface area (Å²) in [4.78, 5) is -0.320. The van der Waals surface area contributed by atoms with Crippen molar-refractivity contribution in [2.75, 3.05) is 0 Å². The summed E-state index contributed by atoms with van der Waals surface area (Å²) in [5, 5.41) is 0. The summed E-state index contributed by atoms with van der Waals surface area (Å²) >= 11 is 0. The van der Waals surface area contributed by atoms with Crippen molar-refractivity contribution in [3.63, 3.8) is 0 Å². The highest BCUT2D eigenvalue weighted by molar-refractivity contribution is 7.86. The highest BCUT2D eigenvalue weighted by Gasteiger charge is 2.27. The Bertz CT molecular complexity index is 777. The lowest BCUT2D eigenvalue weighted by Crippen LogP contribution is -2.12. The van der Waals surface area contributed by atoms with Gasteiger partial charge in [0.2, 0.25) is 5.82 Å².